The maximum Gasteiger partial charge on any atom is 0.250 e. The van der Waals surface area contributed by atoms with E-state index in [2.05, 4.69) is 15.5 Å². The molecule has 1 amide bonds. The number of hydrogen-bond acceptors (Lipinski definition) is 7. The second kappa shape index (κ2) is 5.33. The van der Waals surface area contributed by atoms with E-state index < -0.39 is 15.7 Å². The first-order chi connectivity index (χ1) is 8.95. The van der Waals surface area contributed by atoms with E-state index in [1.165, 1.54) is 18.4 Å². The molecular formula is C10H9N3O4S2. The molecule has 2 heterocycles. The van der Waals surface area contributed by atoms with Crippen LogP contribution in [0.5, 0.6) is 0 Å². The molecule has 0 radical (unpaired) electrons. The highest BCUT2D eigenvalue weighted by Crippen LogP contribution is 2.19. The fourth-order valence-electron chi connectivity index (χ4n) is 1.10. The highest BCUT2D eigenvalue weighted by Gasteiger charge is 2.14. The number of hydrogen-bond donors (Lipinski definition) is 1. The van der Waals surface area contributed by atoms with E-state index in [1.807, 2.05) is 0 Å². The molecule has 2 aromatic rings. The van der Waals surface area contributed by atoms with E-state index in [9.17, 15) is 13.2 Å². The largest absolute Gasteiger partial charge is 0.465 e. The molecule has 0 spiro atoms. The number of carbonyl (C=O) groups excluding carboxylic acids is 1. The molecule has 2 aromatic heterocycles. The average molecular weight is 299 g/mol. The van der Waals surface area contributed by atoms with Crippen LogP contribution in [-0.4, -0.2) is 30.8 Å². The summed E-state index contributed by atoms with van der Waals surface area (Å²) >= 11 is 0.792. The van der Waals surface area contributed by atoms with E-state index in [4.69, 9.17) is 4.42 Å². The zero-order chi connectivity index (χ0) is 13.9. The zero-order valence-corrected chi connectivity index (χ0v) is 11.4. The highest BCUT2D eigenvalue weighted by atomic mass is 32.2. The van der Waals surface area contributed by atoms with Crippen molar-refractivity contribution in [3.8, 4) is 0 Å². The summed E-state index contributed by atoms with van der Waals surface area (Å²) in [5.74, 6) is 0.0804. The summed E-state index contributed by atoms with van der Waals surface area (Å²) in [5, 5.41) is 9.57. The maximum atomic E-state index is 11.5. The van der Waals surface area contributed by atoms with Gasteiger partial charge in [-0.3, -0.25) is 10.1 Å². The lowest BCUT2D eigenvalue weighted by Crippen LogP contribution is -2.07. The van der Waals surface area contributed by atoms with Gasteiger partial charge in [0.25, 0.3) is 0 Å². The fourth-order valence-corrected chi connectivity index (χ4v) is 2.61. The Bertz CT molecular complexity index is 701. The second-order valence-corrected chi connectivity index (χ2v) is 6.65. The van der Waals surface area contributed by atoms with Crippen molar-refractivity contribution in [3.05, 3.63) is 30.2 Å². The topological polar surface area (TPSA) is 102 Å². The normalized spacial score (nSPS) is 11.8. The molecule has 0 atom stereocenters. The van der Waals surface area contributed by atoms with Crippen molar-refractivity contribution in [1.29, 1.82) is 0 Å². The lowest BCUT2D eigenvalue weighted by atomic mass is 10.4. The van der Waals surface area contributed by atoms with Crippen LogP contribution in [0, 0.1) is 0 Å². The Kier molecular flexibility index (Phi) is 3.76. The number of nitrogens with zero attached hydrogens (tertiary/aromatic N) is 2. The number of aromatic nitrogens is 2. The Hall–Kier alpha value is -2.00. The number of rotatable bonds is 4. The third-order valence-corrected chi connectivity index (χ3v) is 4.40. The van der Waals surface area contributed by atoms with Crippen molar-refractivity contribution in [1.82, 2.24) is 10.2 Å². The molecule has 0 unspecified atom stereocenters. The molecule has 0 saturated heterocycles. The van der Waals surface area contributed by atoms with Crippen molar-refractivity contribution >= 4 is 38.3 Å². The number of anilines is 1. The molecule has 0 aromatic carbocycles. The first-order valence-electron chi connectivity index (χ1n) is 5.01. The zero-order valence-electron chi connectivity index (χ0n) is 9.73. The Morgan fingerprint density at radius 3 is 2.84 bits per heavy atom. The van der Waals surface area contributed by atoms with Gasteiger partial charge in [-0.25, -0.2) is 8.42 Å². The van der Waals surface area contributed by atoms with Gasteiger partial charge in [0, 0.05) is 12.3 Å². The van der Waals surface area contributed by atoms with Gasteiger partial charge in [-0.15, -0.1) is 10.2 Å². The smallest absolute Gasteiger partial charge is 0.250 e. The Morgan fingerprint density at radius 2 is 2.26 bits per heavy atom. The molecule has 0 fully saturated rings. The Morgan fingerprint density at radius 1 is 1.47 bits per heavy atom. The quantitative estimate of drug-likeness (QED) is 0.672. The van der Waals surface area contributed by atoms with Gasteiger partial charge >= 0.3 is 0 Å². The maximum absolute atomic E-state index is 11.5. The molecule has 2 rings (SSSR count). The molecule has 0 bridgehead atoms. The minimum atomic E-state index is -3.40. The lowest BCUT2D eigenvalue weighted by molar-refractivity contribution is -0.111. The van der Waals surface area contributed by atoms with Crippen LogP contribution < -0.4 is 5.32 Å². The SMILES string of the molecule is CS(=O)(=O)c1nnc(NC(=O)C=Cc2ccco2)s1. The van der Waals surface area contributed by atoms with Crippen molar-refractivity contribution in [2.75, 3.05) is 11.6 Å². The summed E-state index contributed by atoms with van der Waals surface area (Å²) in [6, 6.07) is 3.39. The molecule has 7 nitrogen and oxygen atoms in total. The van der Waals surface area contributed by atoms with E-state index in [1.54, 1.807) is 12.1 Å². The van der Waals surface area contributed by atoms with Crippen LogP contribution in [0.2, 0.25) is 0 Å². The first-order valence-corrected chi connectivity index (χ1v) is 7.72. The highest BCUT2D eigenvalue weighted by molar-refractivity contribution is 7.92. The van der Waals surface area contributed by atoms with Crippen molar-refractivity contribution in [3.63, 3.8) is 0 Å². The standard InChI is InChI=1S/C10H9N3O4S2/c1-19(15,16)10-13-12-9(18-10)11-8(14)5-4-7-3-2-6-17-7/h2-6H,1H3,(H,11,12,14). The minimum absolute atomic E-state index is 0.120. The molecular weight excluding hydrogens is 290 g/mol. The first kappa shape index (κ1) is 13.4. The molecule has 19 heavy (non-hydrogen) atoms. The van der Waals surface area contributed by atoms with Crippen molar-refractivity contribution in [2.45, 2.75) is 4.34 Å². The minimum Gasteiger partial charge on any atom is -0.465 e. The monoisotopic (exact) mass is 299 g/mol. The molecule has 100 valence electrons. The lowest BCUT2D eigenvalue weighted by Gasteiger charge is -1.93. The van der Waals surface area contributed by atoms with E-state index in [0.29, 0.717) is 5.76 Å². The molecule has 9 heteroatoms. The number of amides is 1. The summed E-state index contributed by atoms with van der Waals surface area (Å²) in [6.07, 6.45) is 5.24. The van der Waals surface area contributed by atoms with E-state index in [0.717, 1.165) is 17.6 Å². The van der Waals surface area contributed by atoms with Gasteiger partial charge in [-0.05, 0) is 18.2 Å². The predicted molar refractivity (Wildman–Crippen MR) is 69.4 cm³/mol. The summed E-state index contributed by atoms with van der Waals surface area (Å²) in [5.41, 5.74) is 0. The Labute approximate surface area is 112 Å². The number of furan rings is 1. The molecule has 0 aliphatic carbocycles. The summed E-state index contributed by atoms with van der Waals surface area (Å²) in [4.78, 5) is 11.5. The summed E-state index contributed by atoms with van der Waals surface area (Å²) in [7, 11) is -3.40. The summed E-state index contributed by atoms with van der Waals surface area (Å²) in [6.45, 7) is 0. The third-order valence-electron chi connectivity index (χ3n) is 1.90. The molecule has 1 N–H and O–H groups in total. The van der Waals surface area contributed by atoms with Gasteiger partial charge in [0.1, 0.15) is 5.76 Å². The number of carbonyl (C=O) groups is 1. The second-order valence-electron chi connectivity index (χ2n) is 3.48. The van der Waals surface area contributed by atoms with Gasteiger partial charge < -0.3 is 4.42 Å². The third kappa shape index (κ3) is 3.73. The van der Waals surface area contributed by atoms with Crippen LogP contribution in [0.4, 0.5) is 5.13 Å². The van der Waals surface area contributed by atoms with E-state index in [-0.39, 0.29) is 9.47 Å². The van der Waals surface area contributed by atoms with Crippen molar-refractivity contribution in [2.24, 2.45) is 0 Å². The summed E-state index contributed by atoms with van der Waals surface area (Å²) < 4.78 is 27.2. The van der Waals surface area contributed by atoms with E-state index >= 15 is 0 Å². The average Bonchev–Trinajstić information content (AvgIpc) is 2.95. The fraction of sp³-hybridized carbons (Fsp3) is 0.100. The Balaban J connectivity index is 2.02. The predicted octanol–water partition coefficient (Wildman–Crippen LogP) is 1.19. The van der Waals surface area contributed by atoms with Crippen LogP contribution in [-0.2, 0) is 14.6 Å². The van der Waals surface area contributed by atoms with Crippen molar-refractivity contribution < 1.29 is 17.6 Å². The van der Waals surface area contributed by atoms with Gasteiger partial charge in [-0.2, -0.15) is 0 Å². The van der Waals surface area contributed by atoms with Crippen LogP contribution in [0.25, 0.3) is 6.08 Å². The number of sulfone groups is 1. The molecule has 0 saturated carbocycles. The van der Waals surface area contributed by atoms with Crippen LogP contribution in [0.1, 0.15) is 5.76 Å². The van der Waals surface area contributed by atoms with Gasteiger partial charge in [0.2, 0.25) is 25.2 Å². The van der Waals surface area contributed by atoms with Gasteiger partial charge in [0.15, 0.2) is 0 Å². The molecule has 0 aliphatic rings. The van der Waals surface area contributed by atoms with Gasteiger partial charge in [-0.1, -0.05) is 11.3 Å². The number of nitrogens with one attached hydrogen (secondary N) is 1. The van der Waals surface area contributed by atoms with Gasteiger partial charge in [0.05, 0.1) is 6.26 Å². The van der Waals surface area contributed by atoms with Crippen LogP contribution in [0.15, 0.2) is 33.2 Å². The molecule has 0 aliphatic heterocycles. The van der Waals surface area contributed by atoms with Crippen LogP contribution in [0.3, 0.4) is 0 Å². The van der Waals surface area contributed by atoms with Crippen LogP contribution >= 0.6 is 11.3 Å².